The Labute approximate surface area is 128 Å². The van der Waals surface area contributed by atoms with Gasteiger partial charge in [0.15, 0.2) is 0 Å². The molecule has 1 aromatic carbocycles. The molecule has 1 aromatic heterocycles. The maximum Gasteiger partial charge on any atom is 0.316 e. The number of aryl methyl sites for hydroxylation is 1. The molecule has 0 atom stereocenters. The van der Waals surface area contributed by atoms with E-state index >= 15 is 0 Å². The molecule has 2 rings (SSSR count). The van der Waals surface area contributed by atoms with E-state index in [1.807, 2.05) is 38.1 Å². The van der Waals surface area contributed by atoms with Gasteiger partial charge < -0.3 is 9.47 Å². The first-order chi connectivity index (χ1) is 10.2. The Morgan fingerprint density at radius 2 is 2.19 bits per heavy atom. The lowest BCUT2D eigenvalue weighted by Crippen LogP contribution is -2.08. The molecule has 0 saturated carbocycles. The molecule has 0 bridgehead atoms. The standard InChI is InChI=1S/C16H19NO3S/c1-4-8-20-15(18)10-21-14-9-11(2)12-6-5-7-13(19-3)16(12)17-14/h5-7,9H,4,8,10H2,1-3H3. The number of benzene rings is 1. The van der Waals surface area contributed by atoms with E-state index in [4.69, 9.17) is 9.47 Å². The molecular formula is C16H19NO3S. The Kier molecular flexibility index (Phi) is 5.44. The van der Waals surface area contributed by atoms with E-state index in [2.05, 4.69) is 4.98 Å². The maximum absolute atomic E-state index is 11.6. The largest absolute Gasteiger partial charge is 0.494 e. The third-order valence-corrected chi connectivity index (χ3v) is 3.90. The van der Waals surface area contributed by atoms with Gasteiger partial charge in [-0.05, 0) is 31.0 Å². The zero-order valence-electron chi connectivity index (χ0n) is 12.5. The maximum atomic E-state index is 11.6. The van der Waals surface area contributed by atoms with Crippen molar-refractivity contribution >= 4 is 28.6 Å². The number of carbonyl (C=O) groups is 1. The van der Waals surface area contributed by atoms with E-state index in [9.17, 15) is 4.79 Å². The molecule has 112 valence electrons. The van der Waals surface area contributed by atoms with E-state index in [1.54, 1.807) is 7.11 Å². The van der Waals surface area contributed by atoms with Crippen LogP contribution in [0.5, 0.6) is 5.75 Å². The van der Waals surface area contributed by atoms with E-state index < -0.39 is 0 Å². The molecule has 0 fully saturated rings. The highest BCUT2D eigenvalue weighted by atomic mass is 32.2. The van der Waals surface area contributed by atoms with Crippen molar-refractivity contribution in [1.29, 1.82) is 0 Å². The second-order valence-corrected chi connectivity index (χ2v) is 5.64. The average Bonchev–Trinajstić information content (AvgIpc) is 2.50. The van der Waals surface area contributed by atoms with E-state index in [0.717, 1.165) is 33.7 Å². The molecule has 5 heteroatoms. The van der Waals surface area contributed by atoms with Crippen LogP contribution in [0.4, 0.5) is 0 Å². The van der Waals surface area contributed by atoms with Gasteiger partial charge in [0, 0.05) is 5.39 Å². The second-order valence-electron chi connectivity index (χ2n) is 4.64. The quantitative estimate of drug-likeness (QED) is 0.603. The van der Waals surface area contributed by atoms with Gasteiger partial charge in [0.05, 0.1) is 24.5 Å². The molecule has 2 aromatic rings. The number of pyridine rings is 1. The summed E-state index contributed by atoms with van der Waals surface area (Å²) in [6.07, 6.45) is 0.834. The van der Waals surface area contributed by atoms with Crippen LogP contribution < -0.4 is 4.74 Å². The van der Waals surface area contributed by atoms with Crippen LogP contribution in [0, 0.1) is 6.92 Å². The summed E-state index contributed by atoms with van der Waals surface area (Å²) in [5.41, 5.74) is 1.94. The van der Waals surface area contributed by atoms with Gasteiger partial charge in [-0.25, -0.2) is 4.98 Å². The number of para-hydroxylation sites is 1. The van der Waals surface area contributed by atoms with Gasteiger partial charge in [0.1, 0.15) is 11.3 Å². The minimum absolute atomic E-state index is 0.207. The predicted octanol–water partition coefficient (Wildman–Crippen LogP) is 3.60. The third kappa shape index (κ3) is 3.88. The number of nitrogens with zero attached hydrogens (tertiary/aromatic N) is 1. The Bertz CT molecular complexity index is 643. The van der Waals surface area contributed by atoms with Crippen LogP contribution in [0.25, 0.3) is 10.9 Å². The molecule has 1 heterocycles. The number of fused-ring (bicyclic) bond motifs is 1. The lowest BCUT2D eigenvalue weighted by molar-refractivity contribution is -0.140. The molecule has 21 heavy (non-hydrogen) atoms. The molecule has 0 aliphatic carbocycles. The summed E-state index contributed by atoms with van der Waals surface area (Å²) in [7, 11) is 1.63. The van der Waals surface area contributed by atoms with E-state index in [0.29, 0.717) is 6.61 Å². The number of aromatic nitrogens is 1. The van der Waals surface area contributed by atoms with Crippen molar-refractivity contribution in [2.45, 2.75) is 25.3 Å². The first-order valence-corrected chi connectivity index (χ1v) is 7.87. The van der Waals surface area contributed by atoms with Crippen LogP contribution in [0.3, 0.4) is 0 Å². The number of esters is 1. The first kappa shape index (κ1) is 15.6. The predicted molar refractivity (Wildman–Crippen MR) is 85.0 cm³/mol. The van der Waals surface area contributed by atoms with E-state index in [1.165, 1.54) is 11.8 Å². The number of carbonyl (C=O) groups excluding carboxylic acids is 1. The number of ether oxygens (including phenoxy) is 2. The monoisotopic (exact) mass is 305 g/mol. The summed E-state index contributed by atoms with van der Waals surface area (Å²) in [4.78, 5) is 16.1. The second kappa shape index (κ2) is 7.31. The van der Waals surface area contributed by atoms with Crippen LogP contribution in [0.1, 0.15) is 18.9 Å². The van der Waals surface area contributed by atoms with Gasteiger partial charge in [0.2, 0.25) is 0 Å². The lowest BCUT2D eigenvalue weighted by atomic mass is 10.1. The highest BCUT2D eigenvalue weighted by Gasteiger charge is 2.10. The fourth-order valence-corrected chi connectivity index (χ4v) is 2.76. The van der Waals surface area contributed by atoms with Crippen LogP contribution >= 0.6 is 11.8 Å². The Hall–Kier alpha value is -1.75. The molecule has 0 amide bonds. The molecule has 0 N–H and O–H groups in total. The van der Waals surface area contributed by atoms with Gasteiger partial charge in [-0.3, -0.25) is 4.79 Å². The summed E-state index contributed by atoms with van der Waals surface area (Å²) in [6, 6.07) is 7.84. The summed E-state index contributed by atoms with van der Waals surface area (Å²) < 4.78 is 10.4. The van der Waals surface area contributed by atoms with Crippen LogP contribution in [-0.4, -0.2) is 30.4 Å². The minimum atomic E-state index is -0.207. The zero-order valence-corrected chi connectivity index (χ0v) is 13.3. The molecule has 0 aliphatic heterocycles. The van der Waals surface area contributed by atoms with Crippen molar-refractivity contribution in [3.05, 3.63) is 29.8 Å². The van der Waals surface area contributed by atoms with Crippen molar-refractivity contribution in [2.24, 2.45) is 0 Å². The van der Waals surface area contributed by atoms with Crippen molar-refractivity contribution in [2.75, 3.05) is 19.5 Å². The topological polar surface area (TPSA) is 48.4 Å². The normalized spacial score (nSPS) is 10.6. The Morgan fingerprint density at radius 3 is 2.90 bits per heavy atom. The van der Waals surface area contributed by atoms with Crippen molar-refractivity contribution < 1.29 is 14.3 Å². The molecule has 4 nitrogen and oxygen atoms in total. The first-order valence-electron chi connectivity index (χ1n) is 6.88. The summed E-state index contributed by atoms with van der Waals surface area (Å²) >= 11 is 1.39. The molecule has 0 unspecified atom stereocenters. The lowest BCUT2D eigenvalue weighted by Gasteiger charge is -2.09. The Balaban J connectivity index is 2.19. The highest BCUT2D eigenvalue weighted by molar-refractivity contribution is 7.99. The van der Waals surface area contributed by atoms with Gasteiger partial charge in [0.25, 0.3) is 0 Å². The summed E-state index contributed by atoms with van der Waals surface area (Å²) in [5.74, 6) is 0.806. The van der Waals surface area contributed by atoms with Crippen molar-refractivity contribution in [3.8, 4) is 5.75 Å². The number of methoxy groups -OCH3 is 1. The van der Waals surface area contributed by atoms with Gasteiger partial charge in [-0.15, -0.1) is 0 Å². The summed E-state index contributed by atoms with van der Waals surface area (Å²) in [5, 5.41) is 1.87. The van der Waals surface area contributed by atoms with Crippen molar-refractivity contribution in [1.82, 2.24) is 4.98 Å². The smallest absolute Gasteiger partial charge is 0.316 e. The van der Waals surface area contributed by atoms with Crippen molar-refractivity contribution in [3.63, 3.8) is 0 Å². The minimum Gasteiger partial charge on any atom is -0.494 e. The van der Waals surface area contributed by atoms with Crippen LogP contribution in [-0.2, 0) is 9.53 Å². The van der Waals surface area contributed by atoms with Gasteiger partial charge in [-0.2, -0.15) is 0 Å². The molecular weight excluding hydrogens is 286 g/mol. The van der Waals surface area contributed by atoms with Crippen LogP contribution in [0.15, 0.2) is 29.3 Å². The number of hydrogen-bond donors (Lipinski definition) is 0. The fourth-order valence-electron chi connectivity index (χ4n) is 1.99. The zero-order chi connectivity index (χ0) is 15.2. The van der Waals surface area contributed by atoms with E-state index in [-0.39, 0.29) is 11.7 Å². The summed E-state index contributed by atoms with van der Waals surface area (Å²) in [6.45, 7) is 4.47. The number of hydrogen-bond acceptors (Lipinski definition) is 5. The number of thioether (sulfide) groups is 1. The highest BCUT2D eigenvalue weighted by Crippen LogP contribution is 2.29. The fraction of sp³-hybridized carbons (Fsp3) is 0.375. The molecule has 0 radical (unpaired) electrons. The SMILES string of the molecule is CCCOC(=O)CSc1cc(C)c2cccc(OC)c2n1. The number of rotatable bonds is 6. The van der Waals surface area contributed by atoms with Gasteiger partial charge >= 0.3 is 5.97 Å². The molecule has 0 spiro atoms. The van der Waals surface area contributed by atoms with Crippen LogP contribution in [0.2, 0.25) is 0 Å². The third-order valence-electron chi connectivity index (χ3n) is 3.01. The van der Waals surface area contributed by atoms with Gasteiger partial charge in [-0.1, -0.05) is 30.8 Å². The molecule has 0 aliphatic rings. The Morgan fingerprint density at radius 1 is 1.38 bits per heavy atom. The molecule has 0 saturated heterocycles. The average molecular weight is 305 g/mol.